The number of hydrogen-bond acceptors (Lipinski definition) is 2. The molecule has 0 bridgehead atoms. The lowest BCUT2D eigenvalue weighted by atomic mass is 9.93. The van der Waals surface area contributed by atoms with Crippen molar-refractivity contribution in [1.82, 2.24) is 10.3 Å². The molecule has 24 heavy (non-hydrogen) atoms. The van der Waals surface area contributed by atoms with Crippen LogP contribution in [0.2, 0.25) is 0 Å². The standard InChI is InChI=1S/C21H24N2O/c1-4-24-16-7-5-6-15(12-16)20-21-17(8-9-22-20)18-11-13(2)10-14(3)19(18)23-21/h5-7,10-12,20,22-23H,4,8-9H2,1-3H3. The first-order valence-corrected chi connectivity index (χ1v) is 8.75. The van der Waals surface area contributed by atoms with Gasteiger partial charge in [0, 0.05) is 23.1 Å². The molecule has 2 aromatic carbocycles. The average molecular weight is 320 g/mol. The zero-order valence-corrected chi connectivity index (χ0v) is 14.6. The number of rotatable bonds is 3. The van der Waals surface area contributed by atoms with Gasteiger partial charge in [-0.1, -0.05) is 23.8 Å². The molecule has 1 aliphatic heterocycles. The van der Waals surface area contributed by atoms with Crippen LogP contribution in [0.4, 0.5) is 0 Å². The third-order valence-corrected chi connectivity index (χ3v) is 4.90. The van der Waals surface area contributed by atoms with Crippen molar-refractivity contribution in [3.63, 3.8) is 0 Å². The second-order valence-corrected chi connectivity index (χ2v) is 6.66. The zero-order valence-electron chi connectivity index (χ0n) is 14.6. The summed E-state index contributed by atoms with van der Waals surface area (Å²) in [5.74, 6) is 0.937. The minimum absolute atomic E-state index is 0.196. The van der Waals surface area contributed by atoms with Gasteiger partial charge in [-0.2, -0.15) is 0 Å². The van der Waals surface area contributed by atoms with Crippen molar-refractivity contribution in [3.05, 3.63) is 64.3 Å². The molecule has 0 amide bonds. The van der Waals surface area contributed by atoms with E-state index < -0.39 is 0 Å². The molecule has 1 atom stereocenters. The fraction of sp³-hybridized carbons (Fsp3) is 0.333. The zero-order chi connectivity index (χ0) is 16.7. The molecule has 124 valence electrons. The van der Waals surface area contributed by atoms with E-state index in [1.807, 2.05) is 13.0 Å². The van der Waals surface area contributed by atoms with Gasteiger partial charge in [0.2, 0.25) is 0 Å². The van der Waals surface area contributed by atoms with Crippen LogP contribution in [-0.2, 0) is 6.42 Å². The molecule has 0 saturated heterocycles. The maximum absolute atomic E-state index is 5.68. The summed E-state index contributed by atoms with van der Waals surface area (Å²) in [6.07, 6.45) is 1.07. The third kappa shape index (κ3) is 2.49. The summed E-state index contributed by atoms with van der Waals surface area (Å²) in [5.41, 5.74) is 7.94. The highest BCUT2D eigenvalue weighted by Gasteiger charge is 2.26. The molecule has 0 aliphatic carbocycles. The lowest BCUT2D eigenvalue weighted by Gasteiger charge is -2.25. The number of ether oxygens (including phenoxy) is 1. The van der Waals surface area contributed by atoms with Crippen molar-refractivity contribution in [2.24, 2.45) is 0 Å². The lowest BCUT2D eigenvalue weighted by Crippen LogP contribution is -2.30. The number of hydrogen-bond donors (Lipinski definition) is 2. The van der Waals surface area contributed by atoms with E-state index >= 15 is 0 Å². The van der Waals surface area contributed by atoms with Crippen molar-refractivity contribution in [2.75, 3.05) is 13.2 Å². The SMILES string of the molecule is CCOc1cccc(C2NCCc3c2[nH]c2c(C)cc(C)cc32)c1. The summed E-state index contributed by atoms with van der Waals surface area (Å²) in [4.78, 5) is 3.71. The molecular formula is C21H24N2O. The van der Waals surface area contributed by atoms with Gasteiger partial charge in [-0.25, -0.2) is 0 Å². The van der Waals surface area contributed by atoms with Crippen molar-refractivity contribution < 1.29 is 4.74 Å². The van der Waals surface area contributed by atoms with Crippen LogP contribution in [-0.4, -0.2) is 18.1 Å². The van der Waals surface area contributed by atoms with Crippen molar-refractivity contribution in [3.8, 4) is 5.75 Å². The summed E-state index contributed by atoms with van der Waals surface area (Å²) in [6, 6.07) is 13.2. The molecule has 3 heteroatoms. The highest BCUT2D eigenvalue weighted by atomic mass is 16.5. The molecular weight excluding hydrogens is 296 g/mol. The highest BCUT2D eigenvalue weighted by Crippen LogP contribution is 2.35. The first-order chi connectivity index (χ1) is 11.7. The highest BCUT2D eigenvalue weighted by molar-refractivity contribution is 5.88. The number of aryl methyl sites for hydroxylation is 2. The van der Waals surface area contributed by atoms with Crippen LogP contribution in [0.5, 0.6) is 5.75 Å². The smallest absolute Gasteiger partial charge is 0.119 e. The monoisotopic (exact) mass is 320 g/mol. The number of aromatic nitrogens is 1. The minimum Gasteiger partial charge on any atom is -0.494 e. The number of nitrogens with one attached hydrogen (secondary N) is 2. The Bertz CT molecular complexity index is 894. The van der Waals surface area contributed by atoms with E-state index in [1.54, 1.807) is 0 Å². The van der Waals surface area contributed by atoms with E-state index in [1.165, 1.54) is 38.9 Å². The van der Waals surface area contributed by atoms with Crippen LogP contribution < -0.4 is 10.1 Å². The van der Waals surface area contributed by atoms with E-state index in [2.05, 4.69) is 54.5 Å². The quantitative estimate of drug-likeness (QED) is 0.749. The molecule has 1 unspecified atom stereocenters. The van der Waals surface area contributed by atoms with E-state index in [4.69, 9.17) is 4.74 Å². The van der Waals surface area contributed by atoms with Gasteiger partial charge in [-0.05, 0) is 62.1 Å². The summed E-state index contributed by atoms with van der Waals surface area (Å²) < 4.78 is 5.68. The fourth-order valence-electron chi connectivity index (χ4n) is 3.92. The van der Waals surface area contributed by atoms with Crippen molar-refractivity contribution in [1.29, 1.82) is 0 Å². The Morgan fingerprint density at radius 3 is 2.88 bits per heavy atom. The molecule has 2 heterocycles. The normalized spacial score (nSPS) is 17.0. The molecule has 0 fully saturated rings. The predicted molar refractivity (Wildman–Crippen MR) is 98.9 cm³/mol. The summed E-state index contributed by atoms with van der Waals surface area (Å²) >= 11 is 0. The van der Waals surface area contributed by atoms with Gasteiger partial charge in [0.1, 0.15) is 5.75 Å². The van der Waals surface area contributed by atoms with Gasteiger partial charge in [0.15, 0.2) is 0 Å². The van der Waals surface area contributed by atoms with Crippen LogP contribution in [0.15, 0.2) is 36.4 Å². The molecule has 3 aromatic rings. The third-order valence-electron chi connectivity index (χ3n) is 4.90. The molecule has 2 N–H and O–H groups in total. The maximum Gasteiger partial charge on any atom is 0.119 e. The largest absolute Gasteiger partial charge is 0.494 e. The molecule has 0 spiro atoms. The number of benzene rings is 2. The van der Waals surface area contributed by atoms with Crippen LogP contribution in [0.1, 0.15) is 40.9 Å². The van der Waals surface area contributed by atoms with Crippen molar-refractivity contribution in [2.45, 2.75) is 33.2 Å². The Hall–Kier alpha value is -2.26. The molecule has 1 aliphatic rings. The molecule has 0 radical (unpaired) electrons. The molecule has 0 saturated carbocycles. The molecule has 3 nitrogen and oxygen atoms in total. The van der Waals surface area contributed by atoms with Gasteiger partial charge in [0.05, 0.1) is 12.6 Å². The topological polar surface area (TPSA) is 37.0 Å². The second kappa shape index (κ2) is 5.99. The number of fused-ring (bicyclic) bond motifs is 3. The number of aromatic amines is 1. The second-order valence-electron chi connectivity index (χ2n) is 6.66. The van der Waals surface area contributed by atoms with Crippen LogP contribution in [0.3, 0.4) is 0 Å². The molecule has 1 aromatic heterocycles. The van der Waals surface area contributed by atoms with Crippen LogP contribution >= 0.6 is 0 Å². The summed E-state index contributed by atoms with van der Waals surface area (Å²) in [7, 11) is 0. The van der Waals surface area contributed by atoms with Crippen LogP contribution in [0.25, 0.3) is 10.9 Å². The first kappa shape index (κ1) is 15.3. The van der Waals surface area contributed by atoms with Crippen LogP contribution in [0, 0.1) is 13.8 Å². The van der Waals surface area contributed by atoms with E-state index in [-0.39, 0.29) is 6.04 Å². The van der Waals surface area contributed by atoms with E-state index in [0.717, 1.165) is 18.7 Å². The summed E-state index contributed by atoms with van der Waals surface area (Å²) in [6.45, 7) is 8.08. The minimum atomic E-state index is 0.196. The first-order valence-electron chi connectivity index (χ1n) is 8.75. The average Bonchev–Trinajstić information content (AvgIpc) is 2.95. The van der Waals surface area contributed by atoms with Gasteiger partial charge < -0.3 is 15.0 Å². The van der Waals surface area contributed by atoms with Gasteiger partial charge >= 0.3 is 0 Å². The maximum atomic E-state index is 5.68. The Kier molecular flexibility index (Phi) is 3.81. The Labute approximate surface area is 143 Å². The summed E-state index contributed by atoms with van der Waals surface area (Å²) in [5, 5.41) is 5.05. The van der Waals surface area contributed by atoms with Gasteiger partial charge in [-0.3, -0.25) is 0 Å². The van der Waals surface area contributed by atoms with Gasteiger partial charge in [0.25, 0.3) is 0 Å². The van der Waals surface area contributed by atoms with Gasteiger partial charge in [-0.15, -0.1) is 0 Å². The number of H-pyrrole nitrogens is 1. The Balaban J connectivity index is 1.84. The fourth-order valence-corrected chi connectivity index (χ4v) is 3.92. The van der Waals surface area contributed by atoms with E-state index in [9.17, 15) is 0 Å². The predicted octanol–water partition coefficient (Wildman–Crippen LogP) is 4.42. The van der Waals surface area contributed by atoms with Crippen molar-refractivity contribution >= 4 is 10.9 Å². The lowest BCUT2D eigenvalue weighted by molar-refractivity contribution is 0.339. The molecule has 4 rings (SSSR count). The Morgan fingerprint density at radius 2 is 2.04 bits per heavy atom. The van der Waals surface area contributed by atoms with E-state index in [0.29, 0.717) is 6.61 Å². The Morgan fingerprint density at radius 1 is 1.17 bits per heavy atom.